The molecule has 1 aliphatic heterocycles. The van der Waals surface area contributed by atoms with Gasteiger partial charge in [-0.3, -0.25) is 13.8 Å². The van der Waals surface area contributed by atoms with Crippen molar-refractivity contribution in [2.75, 3.05) is 10.8 Å². The number of rotatable bonds is 10. The number of Topliss-reactive ketones (excluding diaryl/α,β-unsaturated/α-hetero) is 1. The molecular formula is C26H32F3N3O6S. The van der Waals surface area contributed by atoms with E-state index in [-0.39, 0.29) is 46.6 Å². The van der Waals surface area contributed by atoms with E-state index in [2.05, 4.69) is 9.84 Å². The first kappa shape index (κ1) is 28.9. The van der Waals surface area contributed by atoms with Crippen molar-refractivity contribution in [2.24, 2.45) is 0 Å². The lowest BCUT2D eigenvalue weighted by atomic mass is 10.1. The van der Waals surface area contributed by atoms with Gasteiger partial charge in [0.05, 0.1) is 24.3 Å². The van der Waals surface area contributed by atoms with Crippen LogP contribution in [0.25, 0.3) is 0 Å². The third kappa shape index (κ3) is 6.23. The van der Waals surface area contributed by atoms with E-state index in [1.807, 2.05) is 6.92 Å². The summed E-state index contributed by atoms with van der Waals surface area (Å²) in [6, 6.07) is 4.37. The molecule has 0 amide bonds. The number of alkyl halides is 3. The summed E-state index contributed by atoms with van der Waals surface area (Å²) in [5.41, 5.74) is -1.77. The van der Waals surface area contributed by atoms with Gasteiger partial charge in [0, 0.05) is 25.1 Å². The van der Waals surface area contributed by atoms with Crippen molar-refractivity contribution in [3.8, 4) is 5.75 Å². The Morgan fingerprint density at radius 1 is 1.21 bits per heavy atom. The minimum absolute atomic E-state index is 0.0506. The molecule has 0 unspecified atom stereocenters. The molecule has 1 fully saturated rings. The summed E-state index contributed by atoms with van der Waals surface area (Å²) in [7, 11) is -4.15. The molecule has 2 aromatic rings. The molecule has 1 atom stereocenters. The van der Waals surface area contributed by atoms with Gasteiger partial charge in [-0.1, -0.05) is 6.07 Å². The predicted octanol–water partition coefficient (Wildman–Crippen LogP) is 4.53. The molecule has 39 heavy (non-hydrogen) atoms. The van der Waals surface area contributed by atoms with Crippen LogP contribution in [0.15, 0.2) is 29.3 Å². The van der Waals surface area contributed by atoms with E-state index in [0.29, 0.717) is 18.7 Å². The van der Waals surface area contributed by atoms with Gasteiger partial charge in [-0.15, -0.1) is 0 Å². The van der Waals surface area contributed by atoms with E-state index in [4.69, 9.17) is 4.74 Å². The average molecular weight is 572 g/mol. The van der Waals surface area contributed by atoms with Crippen molar-refractivity contribution >= 4 is 27.5 Å². The number of hydrogen-bond acceptors (Lipinski definition) is 7. The number of sulfonamides is 1. The lowest BCUT2D eigenvalue weighted by Crippen LogP contribution is -2.44. The smallest absolute Gasteiger partial charge is 0.427 e. The van der Waals surface area contributed by atoms with Crippen LogP contribution in [-0.2, 0) is 37.3 Å². The lowest BCUT2D eigenvalue weighted by Gasteiger charge is -2.35. The number of ether oxygens (including phenoxy) is 2. The molecule has 2 aliphatic rings. The molecular weight excluding hydrogens is 539 g/mol. The first-order chi connectivity index (χ1) is 18.1. The quantitative estimate of drug-likeness (QED) is 0.386. The van der Waals surface area contributed by atoms with Crippen LogP contribution in [0.2, 0.25) is 0 Å². The van der Waals surface area contributed by atoms with E-state index < -0.39 is 40.3 Å². The largest absolute Gasteiger partial charge is 0.486 e. The Bertz CT molecular complexity index is 1370. The van der Waals surface area contributed by atoms with Gasteiger partial charge in [0.15, 0.2) is 0 Å². The van der Waals surface area contributed by atoms with E-state index in [9.17, 15) is 31.2 Å². The third-order valence-electron chi connectivity index (χ3n) is 6.78. The van der Waals surface area contributed by atoms with Gasteiger partial charge in [-0.25, -0.2) is 8.42 Å². The Kier molecular flexibility index (Phi) is 7.76. The van der Waals surface area contributed by atoms with Crippen LogP contribution in [-0.4, -0.2) is 54.4 Å². The summed E-state index contributed by atoms with van der Waals surface area (Å²) < 4.78 is 81.1. The summed E-state index contributed by atoms with van der Waals surface area (Å²) in [4.78, 5) is 24.1. The number of carbonyl (C=O) groups is 2. The lowest BCUT2D eigenvalue weighted by molar-refractivity contribution is -0.257. The molecule has 1 aromatic heterocycles. The topological polar surface area (TPSA) is 108 Å². The standard InChI is InChI=1S/C26H32F3N3O6S/c1-5-31-15-22(24(30-31)18-8-9-18)39(35,36)32-14-19(10-6-16(2)33)37-21-11-7-17(12-20(21)32)13-23(34)38-25(3,4)26(27,28)29/h7,11-12,15,18-19H,5-6,8-10,13-14H2,1-4H3/t19-/m0/s1. The molecule has 2 heterocycles. The third-order valence-corrected chi connectivity index (χ3v) is 8.58. The Balaban J connectivity index is 1.69. The number of carbonyl (C=O) groups excluding carboxylic acids is 2. The molecule has 4 rings (SSSR count). The fourth-order valence-electron chi connectivity index (χ4n) is 4.29. The second-order valence-electron chi connectivity index (χ2n) is 10.5. The molecule has 0 radical (unpaired) electrons. The van der Waals surface area contributed by atoms with Crippen molar-refractivity contribution < 1.29 is 40.7 Å². The SMILES string of the molecule is CCn1cc(S(=O)(=O)N2C[C@H](CCC(C)=O)Oc3ccc(CC(=O)OC(C)(C)C(F)(F)F)cc32)c(C2CC2)n1. The molecule has 13 heteroatoms. The first-order valence-corrected chi connectivity index (χ1v) is 14.2. The molecule has 1 aliphatic carbocycles. The molecule has 0 bridgehead atoms. The zero-order chi connectivity index (χ0) is 28.8. The highest BCUT2D eigenvalue weighted by molar-refractivity contribution is 7.92. The molecule has 1 aromatic carbocycles. The van der Waals surface area contributed by atoms with Crippen LogP contribution in [0.3, 0.4) is 0 Å². The second kappa shape index (κ2) is 10.5. The predicted molar refractivity (Wildman–Crippen MR) is 135 cm³/mol. The van der Waals surface area contributed by atoms with Crippen LogP contribution in [0.5, 0.6) is 5.75 Å². The van der Waals surface area contributed by atoms with E-state index in [0.717, 1.165) is 26.7 Å². The Morgan fingerprint density at radius 2 is 1.90 bits per heavy atom. The highest BCUT2D eigenvalue weighted by Gasteiger charge is 2.50. The van der Waals surface area contributed by atoms with Gasteiger partial charge in [0.25, 0.3) is 10.0 Å². The zero-order valence-corrected chi connectivity index (χ0v) is 23.1. The maximum atomic E-state index is 14.1. The van der Waals surface area contributed by atoms with Gasteiger partial charge in [0.1, 0.15) is 22.5 Å². The first-order valence-electron chi connectivity index (χ1n) is 12.8. The van der Waals surface area contributed by atoms with Gasteiger partial charge in [0.2, 0.25) is 5.60 Å². The zero-order valence-electron chi connectivity index (χ0n) is 22.2. The second-order valence-corrected chi connectivity index (χ2v) is 12.3. The normalized spacial score (nSPS) is 17.9. The Labute approximate surface area is 225 Å². The fourth-order valence-corrected chi connectivity index (χ4v) is 6.02. The van der Waals surface area contributed by atoms with Crippen molar-refractivity contribution in [1.29, 1.82) is 0 Å². The van der Waals surface area contributed by atoms with Crippen molar-refractivity contribution in [3.63, 3.8) is 0 Å². The van der Waals surface area contributed by atoms with E-state index >= 15 is 0 Å². The number of anilines is 1. The number of esters is 1. The monoisotopic (exact) mass is 571 g/mol. The number of fused-ring (bicyclic) bond motifs is 1. The number of ketones is 1. The Hall–Kier alpha value is -3.09. The van der Waals surface area contributed by atoms with Crippen LogP contribution >= 0.6 is 0 Å². The number of nitrogens with zero attached hydrogens (tertiary/aromatic N) is 3. The summed E-state index contributed by atoms with van der Waals surface area (Å²) >= 11 is 0. The molecule has 0 saturated heterocycles. The van der Waals surface area contributed by atoms with Crippen LogP contribution in [0.4, 0.5) is 18.9 Å². The molecule has 9 nitrogen and oxygen atoms in total. The Morgan fingerprint density at radius 3 is 2.49 bits per heavy atom. The fraction of sp³-hybridized carbons (Fsp3) is 0.577. The summed E-state index contributed by atoms with van der Waals surface area (Å²) in [5, 5.41) is 4.48. The average Bonchev–Trinajstić information content (AvgIpc) is 3.58. The van der Waals surface area contributed by atoms with Crippen LogP contribution < -0.4 is 9.04 Å². The number of halogens is 3. The minimum Gasteiger partial charge on any atom is -0.486 e. The van der Waals surface area contributed by atoms with Crippen molar-refractivity contribution in [3.05, 3.63) is 35.7 Å². The maximum Gasteiger partial charge on any atom is 0.427 e. The van der Waals surface area contributed by atoms with Gasteiger partial charge in [-0.2, -0.15) is 18.3 Å². The maximum absolute atomic E-state index is 14.1. The highest BCUT2D eigenvalue weighted by atomic mass is 32.2. The van der Waals surface area contributed by atoms with Gasteiger partial charge < -0.3 is 14.3 Å². The number of hydrogen-bond donors (Lipinski definition) is 0. The number of aromatic nitrogens is 2. The van der Waals surface area contributed by atoms with Gasteiger partial charge >= 0.3 is 12.1 Å². The molecule has 0 N–H and O–H groups in total. The number of aryl methyl sites for hydroxylation is 1. The van der Waals surface area contributed by atoms with E-state index in [1.165, 1.54) is 35.6 Å². The van der Waals surface area contributed by atoms with Crippen LogP contribution in [0, 0.1) is 0 Å². The van der Waals surface area contributed by atoms with E-state index in [1.54, 1.807) is 4.68 Å². The summed E-state index contributed by atoms with van der Waals surface area (Å²) in [6.45, 7) is 5.21. The van der Waals surface area contributed by atoms with Crippen molar-refractivity contribution in [2.45, 2.75) is 95.0 Å². The molecule has 1 saturated carbocycles. The van der Waals surface area contributed by atoms with Crippen molar-refractivity contribution in [1.82, 2.24) is 9.78 Å². The highest BCUT2D eigenvalue weighted by Crippen LogP contribution is 2.45. The summed E-state index contributed by atoms with van der Waals surface area (Å²) in [5.74, 6) is -0.894. The van der Waals surface area contributed by atoms with Gasteiger partial charge in [-0.05, 0) is 64.7 Å². The summed E-state index contributed by atoms with van der Waals surface area (Å²) in [6.07, 6.45) is -2.19. The molecule has 0 spiro atoms. The minimum atomic E-state index is -4.76. The molecule has 214 valence electrons. The number of benzene rings is 1. The van der Waals surface area contributed by atoms with Crippen LogP contribution in [0.1, 0.15) is 70.6 Å².